The van der Waals surface area contributed by atoms with E-state index in [0.29, 0.717) is 19.6 Å². The summed E-state index contributed by atoms with van der Waals surface area (Å²) in [5, 5.41) is 8.62. The summed E-state index contributed by atoms with van der Waals surface area (Å²) < 4.78 is 28.2. The van der Waals surface area contributed by atoms with Crippen molar-refractivity contribution in [2.24, 2.45) is 0 Å². The molecule has 0 aliphatic rings. The van der Waals surface area contributed by atoms with Crippen LogP contribution in [0.15, 0.2) is 0 Å². The smallest absolute Gasteiger partial charge is 0.211 e. The van der Waals surface area contributed by atoms with Crippen molar-refractivity contribution in [1.82, 2.24) is 4.31 Å². The molecule has 0 rings (SSSR count). The van der Waals surface area contributed by atoms with Gasteiger partial charge >= 0.3 is 0 Å². The van der Waals surface area contributed by atoms with Crippen LogP contribution in [0, 0.1) is 0 Å². The number of hydrogen-bond acceptors (Lipinski definition) is 4. The molecule has 0 aliphatic heterocycles. The van der Waals surface area contributed by atoms with E-state index in [9.17, 15) is 8.42 Å². The highest BCUT2D eigenvalue weighted by Crippen LogP contribution is 1.98. The van der Waals surface area contributed by atoms with Crippen LogP contribution in [-0.4, -0.2) is 57.5 Å². The van der Waals surface area contributed by atoms with Crippen molar-refractivity contribution < 1.29 is 18.3 Å². The average Bonchev–Trinajstić information content (AvgIpc) is 2.01. The predicted molar refractivity (Wildman–Crippen MR) is 50.0 cm³/mol. The van der Waals surface area contributed by atoms with Crippen molar-refractivity contribution in [3.05, 3.63) is 0 Å². The van der Waals surface area contributed by atoms with Crippen LogP contribution in [0.3, 0.4) is 0 Å². The number of sulfonamides is 1. The molecule has 80 valence electrons. The van der Waals surface area contributed by atoms with E-state index in [-0.39, 0.29) is 13.2 Å². The molecule has 0 aromatic rings. The minimum atomic E-state index is -3.19. The number of ether oxygens (including phenoxy) is 1. The van der Waals surface area contributed by atoms with Gasteiger partial charge in [-0.3, -0.25) is 0 Å². The highest BCUT2D eigenvalue weighted by atomic mass is 32.2. The number of aliphatic hydroxyl groups excluding tert-OH is 1. The molecule has 0 aliphatic carbocycles. The third-order valence-corrected chi connectivity index (χ3v) is 2.88. The molecule has 0 bridgehead atoms. The van der Waals surface area contributed by atoms with E-state index in [1.807, 2.05) is 0 Å². The van der Waals surface area contributed by atoms with Gasteiger partial charge in [0.15, 0.2) is 0 Å². The molecule has 0 aromatic carbocycles. The fourth-order valence-corrected chi connectivity index (χ4v) is 1.81. The van der Waals surface area contributed by atoms with Gasteiger partial charge in [0.1, 0.15) is 0 Å². The molecule has 13 heavy (non-hydrogen) atoms. The SMILES string of the molecule is COCCCN(CCO)S(C)(=O)=O. The topological polar surface area (TPSA) is 66.8 Å². The van der Waals surface area contributed by atoms with E-state index >= 15 is 0 Å². The van der Waals surface area contributed by atoms with E-state index in [1.165, 1.54) is 4.31 Å². The molecule has 0 fully saturated rings. The maximum absolute atomic E-state index is 11.1. The van der Waals surface area contributed by atoms with Crippen molar-refractivity contribution in [2.45, 2.75) is 6.42 Å². The molecular weight excluding hydrogens is 194 g/mol. The Morgan fingerprint density at radius 1 is 1.38 bits per heavy atom. The van der Waals surface area contributed by atoms with Crippen LogP contribution in [0.1, 0.15) is 6.42 Å². The van der Waals surface area contributed by atoms with Gasteiger partial charge in [0, 0.05) is 26.8 Å². The Hall–Kier alpha value is -0.170. The van der Waals surface area contributed by atoms with Gasteiger partial charge in [0.2, 0.25) is 10.0 Å². The number of aliphatic hydroxyl groups is 1. The molecule has 0 amide bonds. The van der Waals surface area contributed by atoms with Crippen LogP contribution in [0.4, 0.5) is 0 Å². The number of nitrogens with zero attached hydrogens (tertiary/aromatic N) is 1. The number of rotatable bonds is 7. The lowest BCUT2D eigenvalue weighted by atomic mass is 10.4. The van der Waals surface area contributed by atoms with Crippen LogP contribution in [0.2, 0.25) is 0 Å². The van der Waals surface area contributed by atoms with Gasteiger partial charge in [0.05, 0.1) is 12.9 Å². The van der Waals surface area contributed by atoms with Crippen molar-refractivity contribution in [3.63, 3.8) is 0 Å². The van der Waals surface area contributed by atoms with Crippen molar-refractivity contribution in [3.8, 4) is 0 Å². The highest BCUT2D eigenvalue weighted by Gasteiger charge is 2.14. The lowest BCUT2D eigenvalue weighted by Gasteiger charge is -2.18. The summed E-state index contributed by atoms with van der Waals surface area (Å²) in [6.07, 6.45) is 1.78. The van der Waals surface area contributed by atoms with Gasteiger partial charge in [-0.05, 0) is 6.42 Å². The van der Waals surface area contributed by atoms with E-state index in [0.717, 1.165) is 6.26 Å². The normalized spacial score (nSPS) is 12.3. The maximum atomic E-state index is 11.1. The van der Waals surface area contributed by atoms with Crippen molar-refractivity contribution in [1.29, 1.82) is 0 Å². The zero-order valence-corrected chi connectivity index (χ0v) is 8.88. The highest BCUT2D eigenvalue weighted by molar-refractivity contribution is 7.88. The molecule has 6 heteroatoms. The fourth-order valence-electron chi connectivity index (χ4n) is 0.940. The summed E-state index contributed by atoms with van der Waals surface area (Å²) in [4.78, 5) is 0. The van der Waals surface area contributed by atoms with Gasteiger partial charge in [0.25, 0.3) is 0 Å². The molecule has 0 heterocycles. The maximum Gasteiger partial charge on any atom is 0.211 e. The van der Waals surface area contributed by atoms with Gasteiger partial charge in [-0.1, -0.05) is 0 Å². The van der Waals surface area contributed by atoms with E-state index in [2.05, 4.69) is 0 Å². The van der Waals surface area contributed by atoms with E-state index < -0.39 is 10.0 Å². The third-order valence-electron chi connectivity index (χ3n) is 1.57. The van der Waals surface area contributed by atoms with Gasteiger partial charge in [-0.15, -0.1) is 0 Å². The quantitative estimate of drug-likeness (QED) is 0.564. The second kappa shape index (κ2) is 6.31. The lowest BCUT2D eigenvalue weighted by Crippen LogP contribution is -2.33. The first-order valence-electron chi connectivity index (χ1n) is 4.07. The molecule has 0 atom stereocenters. The van der Waals surface area contributed by atoms with Gasteiger partial charge in [-0.2, -0.15) is 4.31 Å². The summed E-state index contributed by atoms with van der Waals surface area (Å²) in [7, 11) is -1.62. The summed E-state index contributed by atoms with van der Waals surface area (Å²) in [5.41, 5.74) is 0. The molecule has 0 saturated carbocycles. The van der Waals surface area contributed by atoms with Crippen LogP contribution < -0.4 is 0 Å². The lowest BCUT2D eigenvalue weighted by molar-refractivity contribution is 0.182. The third kappa shape index (κ3) is 5.98. The average molecular weight is 211 g/mol. The minimum Gasteiger partial charge on any atom is -0.395 e. The first-order chi connectivity index (χ1) is 6.02. The number of methoxy groups -OCH3 is 1. The fraction of sp³-hybridized carbons (Fsp3) is 1.00. The molecule has 1 N–H and O–H groups in total. The molecule has 0 aromatic heterocycles. The molecule has 0 saturated heterocycles. The monoisotopic (exact) mass is 211 g/mol. The van der Waals surface area contributed by atoms with Crippen LogP contribution >= 0.6 is 0 Å². The molecule has 5 nitrogen and oxygen atoms in total. The predicted octanol–water partition coefficient (Wildman–Crippen LogP) is -0.723. The zero-order chi connectivity index (χ0) is 10.3. The molecular formula is C7H17NO4S. The largest absolute Gasteiger partial charge is 0.395 e. The summed E-state index contributed by atoms with van der Waals surface area (Å²) in [6, 6.07) is 0. The van der Waals surface area contributed by atoms with Crippen LogP contribution in [-0.2, 0) is 14.8 Å². The molecule has 0 unspecified atom stereocenters. The minimum absolute atomic E-state index is 0.153. The Kier molecular flexibility index (Phi) is 6.23. The van der Waals surface area contributed by atoms with Gasteiger partial charge < -0.3 is 9.84 Å². The molecule has 0 spiro atoms. The van der Waals surface area contributed by atoms with Crippen LogP contribution in [0.5, 0.6) is 0 Å². The standard InChI is InChI=1S/C7H17NO4S/c1-12-7-3-4-8(5-6-9)13(2,10)11/h9H,3-7H2,1-2H3. The summed E-state index contributed by atoms with van der Waals surface area (Å²) in [5.74, 6) is 0. The molecule has 0 radical (unpaired) electrons. The Morgan fingerprint density at radius 3 is 2.38 bits per heavy atom. The summed E-state index contributed by atoms with van der Waals surface area (Å²) in [6.45, 7) is 0.924. The Morgan fingerprint density at radius 2 is 2.00 bits per heavy atom. The van der Waals surface area contributed by atoms with Crippen molar-refractivity contribution >= 4 is 10.0 Å². The van der Waals surface area contributed by atoms with E-state index in [1.54, 1.807) is 7.11 Å². The van der Waals surface area contributed by atoms with Crippen LogP contribution in [0.25, 0.3) is 0 Å². The first kappa shape index (κ1) is 12.8. The zero-order valence-electron chi connectivity index (χ0n) is 8.06. The Labute approximate surface area is 79.4 Å². The second-order valence-electron chi connectivity index (χ2n) is 2.73. The van der Waals surface area contributed by atoms with Crippen molar-refractivity contribution in [2.75, 3.05) is 39.7 Å². The Balaban J connectivity index is 3.96. The van der Waals surface area contributed by atoms with E-state index in [4.69, 9.17) is 9.84 Å². The van der Waals surface area contributed by atoms with Gasteiger partial charge in [-0.25, -0.2) is 8.42 Å². The Bertz CT molecular complexity index is 215. The first-order valence-corrected chi connectivity index (χ1v) is 5.92. The second-order valence-corrected chi connectivity index (χ2v) is 4.71. The summed E-state index contributed by atoms with van der Waals surface area (Å²) >= 11 is 0. The number of hydrogen-bond donors (Lipinski definition) is 1.